The van der Waals surface area contributed by atoms with Gasteiger partial charge in [-0.2, -0.15) is 0 Å². The van der Waals surface area contributed by atoms with E-state index in [1.54, 1.807) is 0 Å². The molecule has 0 spiro atoms. The zero-order valence-electron chi connectivity index (χ0n) is 10.5. The second-order valence-electron chi connectivity index (χ2n) is 4.53. The van der Waals surface area contributed by atoms with Gasteiger partial charge < -0.3 is 4.57 Å². The molecule has 94 valence electrons. The van der Waals surface area contributed by atoms with Gasteiger partial charge in [-0.3, -0.25) is 0 Å². The smallest absolute Gasteiger partial charge is 0.0855 e. The Morgan fingerprint density at radius 1 is 0.789 bits per heavy atom. The predicted molar refractivity (Wildman–Crippen MR) is 83.1 cm³/mol. The SMILES string of the molecule is Brc1cc(-c2ccccc2)cn1Cc1ccccc1. The molecule has 0 N–H and O–H groups in total. The Morgan fingerprint density at radius 2 is 1.42 bits per heavy atom. The Morgan fingerprint density at radius 3 is 2.11 bits per heavy atom. The van der Waals surface area contributed by atoms with E-state index >= 15 is 0 Å². The van der Waals surface area contributed by atoms with Crippen molar-refractivity contribution in [1.82, 2.24) is 4.57 Å². The van der Waals surface area contributed by atoms with Crippen LogP contribution in [0.3, 0.4) is 0 Å². The fourth-order valence-corrected chi connectivity index (χ4v) is 2.64. The topological polar surface area (TPSA) is 4.93 Å². The second kappa shape index (κ2) is 5.45. The van der Waals surface area contributed by atoms with Crippen LogP contribution >= 0.6 is 15.9 Å². The summed E-state index contributed by atoms with van der Waals surface area (Å²) in [5.41, 5.74) is 3.79. The minimum Gasteiger partial charge on any atom is -0.337 e. The summed E-state index contributed by atoms with van der Waals surface area (Å²) >= 11 is 3.63. The van der Waals surface area contributed by atoms with Crippen LogP contribution in [0.4, 0.5) is 0 Å². The van der Waals surface area contributed by atoms with Gasteiger partial charge in [0.05, 0.1) is 4.60 Å². The molecule has 0 bridgehead atoms. The van der Waals surface area contributed by atoms with E-state index in [2.05, 4.69) is 81.3 Å². The molecule has 1 nitrogen and oxygen atoms in total. The summed E-state index contributed by atoms with van der Waals surface area (Å²) in [6.45, 7) is 0.883. The Kier molecular flexibility index (Phi) is 3.51. The zero-order valence-corrected chi connectivity index (χ0v) is 12.0. The van der Waals surface area contributed by atoms with Gasteiger partial charge in [0, 0.05) is 18.3 Å². The molecule has 0 saturated carbocycles. The maximum atomic E-state index is 3.63. The van der Waals surface area contributed by atoms with Crippen LogP contribution in [-0.4, -0.2) is 4.57 Å². The van der Waals surface area contributed by atoms with Crippen molar-refractivity contribution in [3.8, 4) is 11.1 Å². The number of halogens is 1. The molecule has 0 aliphatic heterocycles. The van der Waals surface area contributed by atoms with E-state index in [-0.39, 0.29) is 0 Å². The Hall–Kier alpha value is -1.80. The first-order valence-corrected chi connectivity index (χ1v) is 7.07. The summed E-state index contributed by atoms with van der Waals surface area (Å²) in [6, 6.07) is 23.1. The van der Waals surface area contributed by atoms with Crippen molar-refractivity contribution in [2.24, 2.45) is 0 Å². The van der Waals surface area contributed by atoms with Crippen molar-refractivity contribution in [2.45, 2.75) is 6.54 Å². The number of benzene rings is 2. The fraction of sp³-hybridized carbons (Fsp3) is 0.0588. The maximum Gasteiger partial charge on any atom is 0.0855 e. The van der Waals surface area contributed by atoms with E-state index in [0.717, 1.165) is 11.1 Å². The summed E-state index contributed by atoms with van der Waals surface area (Å²) < 4.78 is 3.33. The van der Waals surface area contributed by atoms with Gasteiger partial charge in [0.25, 0.3) is 0 Å². The minimum absolute atomic E-state index is 0.883. The van der Waals surface area contributed by atoms with Gasteiger partial charge >= 0.3 is 0 Å². The highest BCUT2D eigenvalue weighted by atomic mass is 79.9. The lowest BCUT2D eigenvalue weighted by atomic mass is 10.1. The Labute approximate surface area is 121 Å². The molecule has 2 aromatic carbocycles. The first kappa shape index (κ1) is 12.2. The number of rotatable bonds is 3. The summed E-state index contributed by atoms with van der Waals surface area (Å²) in [5.74, 6) is 0. The molecule has 0 fully saturated rings. The highest BCUT2D eigenvalue weighted by molar-refractivity contribution is 9.10. The van der Waals surface area contributed by atoms with Gasteiger partial charge in [-0.15, -0.1) is 0 Å². The van der Waals surface area contributed by atoms with Crippen LogP contribution in [-0.2, 0) is 6.54 Å². The number of aromatic nitrogens is 1. The molecule has 1 heterocycles. The molecular weight excluding hydrogens is 298 g/mol. The zero-order chi connectivity index (χ0) is 13.1. The quantitative estimate of drug-likeness (QED) is 0.644. The van der Waals surface area contributed by atoms with Gasteiger partial charge in [-0.25, -0.2) is 0 Å². The molecular formula is C17H14BrN. The van der Waals surface area contributed by atoms with Crippen molar-refractivity contribution in [3.63, 3.8) is 0 Å². The van der Waals surface area contributed by atoms with Gasteiger partial charge in [-0.1, -0.05) is 60.7 Å². The van der Waals surface area contributed by atoms with Crippen LogP contribution in [0, 0.1) is 0 Å². The van der Waals surface area contributed by atoms with Crippen LogP contribution in [0.2, 0.25) is 0 Å². The van der Waals surface area contributed by atoms with Gasteiger partial charge in [-0.05, 0) is 33.1 Å². The van der Waals surface area contributed by atoms with Crippen LogP contribution < -0.4 is 0 Å². The molecule has 0 aliphatic rings. The lowest BCUT2D eigenvalue weighted by molar-refractivity contribution is 0.788. The molecule has 0 amide bonds. The summed E-state index contributed by atoms with van der Waals surface area (Å²) in [5, 5.41) is 0. The third-order valence-corrected chi connectivity index (χ3v) is 3.83. The van der Waals surface area contributed by atoms with E-state index in [0.29, 0.717) is 0 Å². The molecule has 0 unspecified atom stereocenters. The normalized spacial score (nSPS) is 10.6. The van der Waals surface area contributed by atoms with E-state index in [4.69, 9.17) is 0 Å². The third kappa shape index (κ3) is 2.79. The van der Waals surface area contributed by atoms with E-state index in [9.17, 15) is 0 Å². The summed E-state index contributed by atoms with van der Waals surface area (Å²) in [6.07, 6.45) is 2.19. The highest BCUT2D eigenvalue weighted by Crippen LogP contribution is 2.25. The van der Waals surface area contributed by atoms with Gasteiger partial charge in [0.2, 0.25) is 0 Å². The van der Waals surface area contributed by atoms with Crippen molar-refractivity contribution in [1.29, 1.82) is 0 Å². The van der Waals surface area contributed by atoms with E-state index in [1.807, 2.05) is 12.1 Å². The molecule has 3 rings (SSSR count). The van der Waals surface area contributed by atoms with E-state index in [1.165, 1.54) is 16.7 Å². The van der Waals surface area contributed by atoms with Crippen LogP contribution in [0.1, 0.15) is 5.56 Å². The minimum atomic E-state index is 0.883. The molecule has 0 saturated heterocycles. The van der Waals surface area contributed by atoms with E-state index < -0.39 is 0 Å². The predicted octanol–water partition coefficient (Wildman–Crippen LogP) is 4.97. The average molecular weight is 312 g/mol. The number of hydrogen-bond acceptors (Lipinski definition) is 0. The van der Waals surface area contributed by atoms with Crippen molar-refractivity contribution < 1.29 is 0 Å². The molecule has 2 heteroatoms. The largest absolute Gasteiger partial charge is 0.337 e. The Balaban J connectivity index is 1.90. The maximum absolute atomic E-state index is 3.63. The van der Waals surface area contributed by atoms with Gasteiger partial charge in [0.1, 0.15) is 0 Å². The lowest BCUT2D eigenvalue weighted by Gasteiger charge is -2.04. The summed E-state index contributed by atoms with van der Waals surface area (Å²) in [4.78, 5) is 0. The van der Waals surface area contributed by atoms with Crippen LogP contribution in [0.15, 0.2) is 77.5 Å². The van der Waals surface area contributed by atoms with Crippen LogP contribution in [0.5, 0.6) is 0 Å². The lowest BCUT2D eigenvalue weighted by Crippen LogP contribution is -1.97. The fourth-order valence-electron chi connectivity index (χ4n) is 2.17. The third-order valence-electron chi connectivity index (χ3n) is 3.15. The molecule has 3 aromatic rings. The molecule has 0 atom stereocenters. The number of hydrogen-bond donors (Lipinski definition) is 0. The van der Waals surface area contributed by atoms with Crippen molar-refractivity contribution in [3.05, 3.63) is 83.1 Å². The van der Waals surface area contributed by atoms with Crippen molar-refractivity contribution >= 4 is 15.9 Å². The second-order valence-corrected chi connectivity index (χ2v) is 5.34. The first-order chi connectivity index (χ1) is 9.33. The first-order valence-electron chi connectivity index (χ1n) is 6.28. The summed E-state index contributed by atoms with van der Waals surface area (Å²) in [7, 11) is 0. The average Bonchev–Trinajstić information content (AvgIpc) is 2.82. The number of nitrogens with zero attached hydrogens (tertiary/aromatic N) is 1. The molecule has 0 aliphatic carbocycles. The van der Waals surface area contributed by atoms with Gasteiger partial charge in [0.15, 0.2) is 0 Å². The molecule has 19 heavy (non-hydrogen) atoms. The molecule has 0 radical (unpaired) electrons. The molecule has 1 aromatic heterocycles. The van der Waals surface area contributed by atoms with Crippen molar-refractivity contribution in [2.75, 3.05) is 0 Å². The van der Waals surface area contributed by atoms with Crippen LogP contribution in [0.25, 0.3) is 11.1 Å². The Bertz CT molecular complexity index is 656. The highest BCUT2D eigenvalue weighted by Gasteiger charge is 2.05. The monoisotopic (exact) mass is 311 g/mol. The standard InChI is InChI=1S/C17H14BrN/c18-17-11-16(15-9-5-2-6-10-15)13-19(17)12-14-7-3-1-4-8-14/h1-11,13H,12H2.